The first-order chi connectivity index (χ1) is 12.6. The number of carbonyl (C=O) groups excluding carboxylic acids is 2. The van der Waals surface area contributed by atoms with Gasteiger partial charge in [-0.05, 0) is 43.5 Å². The molecule has 2 rings (SSSR count). The van der Waals surface area contributed by atoms with Crippen molar-refractivity contribution in [3.05, 3.63) is 53.7 Å². The van der Waals surface area contributed by atoms with Crippen molar-refractivity contribution in [2.75, 3.05) is 13.2 Å². The molecule has 0 aliphatic heterocycles. The molecule has 1 heterocycles. The van der Waals surface area contributed by atoms with Crippen LogP contribution in [0, 0.1) is 0 Å². The quantitative estimate of drug-likeness (QED) is 0.640. The second kappa shape index (κ2) is 10.2. The predicted octanol–water partition coefficient (Wildman–Crippen LogP) is 3.48. The fraction of sp³-hybridized carbons (Fsp3) is 0.350. The summed E-state index contributed by atoms with van der Waals surface area (Å²) in [6.45, 7) is 4.18. The Labute approximate surface area is 153 Å². The van der Waals surface area contributed by atoms with Crippen LogP contribution in [0.15, 0.2) is 42.6 Å². The Bertz CT molecular complexity index is 730. The highest BCUT2D eigenvalue weighted by molar-refractivity contribution is 5.73. The van der Waals surface area contributed by atoms with Crippen molar-refractivity contribution < 1.29 is 23.8 Å². The van der Waals surface area contributed by atoms with Crippen molar-refractivity contribution in [3.63, 3.8) is 0 Å². The van der Waals surface area contributed by atoms with E-state index in [4.69, 9.17) is 14.2 Å². The molecule has 0 aliphatic rings. The number of aryl methyl sites for hydroxylation is 1. The smallest absolute Gasteiger partial charge is 0.310 e. The zero-order valence-electron chi connectivity index (χ0n) is 15.1. The monoisotopic (exact) mass is 357 g/mol. The third-order valence-corrected chi connectivity index (χ3v) is 3.57. The van der Waals surface area contributed by atoms with E-state index in [2.05, 4.69) is 4.98 Å². The SMILES string of the molecule is CCOC(=O)CCc1cnc(Oc2ccccc2)cc1CC(=O)OCC. The Morgan fingerprint density at radius 3 is 2.35 bits per heavy atom. The molecular formula is C20H23NO5. The summed E-state index contributed by atoms with van der Waals surface area (Å²) >= 11 is 0. The van der Waals surface area contributed by atoms with Gasteiger partial charge in [-0.2, -0.15) is 0 Å². The minimum absolute atomic E-state index is 0.0969. The molecule has 0 radical (unpaired) electrons. The number of pyridine rings is 1. The molecule has 1 aromatic carbocycles. The molecule has 0 saturated heterocycles. The van der Waals surface area contributed by atoms with E-state index in [-0.39, 0.29) is 24.8 Å². The Kier molecular flexibility index (Phi) is 7.61. The van der Waals surface area contributed by atoms with Crippen molar-refractivity contribution in [1.29, 1.82) is 0 Å². The van der Waals surface area contributed by atoms with Gasteiger partial charge in [0, 0.05) is 18.7 Å². The van der Waals surface area contributed by atoms with Crippen molar-refractivity contribution in [2.45, 2.75) is 33.1 Å². The number of aromatic nitrogens is 1. The van der Waals surface area contributed by atoms with Crippen LogP contribution in [-0.4, -0.2) is 30.1 Å². The van der Waals surface area contributed by atoms with Crippen LogP contribution in [0.2, 0.25) is 0 Å². The standard InChI is InChI=1S/C20H23NO5/c1-3-24-19(22)11-10-15-14-21-18(26-17-8-6-5-7-9-17)12-16(15)13-20(23)25-4-2/h5-9,12,14H,3-4,10-11,13H2,1-2H3. The van der Waals surface area contributed by atoms with Gasteiger partial charge < -0.3 is 14.2 Å². The van der Waals surface area contributed by atoms with Gasteiger partial charge >= 0.3 is 11.9 Å². The summed E-state index contributed by atoms with van der Waals surface area (Å²) in [6, 6.07) is 11.0. The lowest BCUT2D eigenvalue weighted by Gasteiger charge is -2.11. The van der Waals surface area contributed by atoms with Gasteiger partial charge in [0.2, 0.25) is 5.88 Å². The third kappa shape index (κ3) is 6.20. The highest BCUT2D eigenvalue weighted by atomic mass is 16.5. The summed E-state index contributed by atoms with van der Waals surface area (Å²) in [5.74, 6) is 0.428. The van der Waals surface area contributed by atoms with Gasteiger partial charge in [0.1, 0.15) is 5.75 Å². The first kappa shape index (κ1) is 19.4. The third-order valence-electron chi connectivity index (χ3n) is 3.57. The highest BCUT2D eigenvalue weighted by Crippen LogP contribution is 2.23. The number of ether oxygens (including phenoxy) is 3. The fourth-order valence-electron chi connectivity index (χ4n) is 2.40. The Morgan fingerprint density at radius 2 is 1.65 bits per heavy atom. The number of hydrogen-bond acceptors (Lipinski definition) is 6. The summed E-state index contributed by atoms with van der Waals surface area (Å²) in [7, 11) is 0. The highest BCUT2D eigenvalue weighted by Gasteiger charge is 2.13. The molecule has 0 spiro atoms. The summed E-state index contributed by atoms with van der Waals surface area (Å²) in [6.07, 6.45) is 2.39. The van der Waals surface area contributed by atoms with Crippen LogP contribution >= 0.6 is 0 Å². The molecule has 0 atom stereocenters. The minimum Gasteiger partial charge on any atom is -0.466 e. The van der Waals surface area contributed by atoms with E-state index in [0.29, 0.717) is 31.3 Å². The van der Waals surface area contributed by atoms with Crippen LogP contribution in [0.1, 0.15) is 31.4 Å². The lowest BCUT2D eigenvalue weighted by atomic mass is 10.0. The van der Waals surface area contributed by atoms with E-state index in [9.17, 15) is 9.59 Å². The maximum Gasteiger partial charge on any atom is 0.310 e. The van der Waals surface area contributed by atoms with Crippen LogP contribution in [0.5, 0.6) is 11.6 Å². The van der Waals surface area contributed by atoms with Crippen molar-refractivity contribution in [3.8, 4) is 11.6 Å². The Hall–Kier alpha value is -2.89. The van der Waals surface area contributed by atoms with E-state index in [1.54, 1.807) is 26.1 Å². The van der Waals surface area contributed by atoms with E-state index in [1.807, 2.05) is 30.3 Å². The van der Waals surface area contributed by atoms with Gasteiger partial charge in [0.15, 0.2) is 0 Å². The van der Waals surface area contributed by atoms with Crippen LogP contribution in [0.3, 0.4) is 0 Å². The Balaban J connectivity index is 2.17. The predicted molar refractivity (Wildman–Crippen MR) is 96.0 cm³/mol. The molecule has 1 aromatic heterocycles. The van der Waals surface area contributed by atoms with Gasteiger partial charge in [-0.3, -0.25) is 9.59 Å². The molecular weight excluding hydrogens is 334 g/mol. The number of carbonyl (C=O) groups is 2. The lowest BCUT2D eigenvalue weighted by Crippen LogP contribution is -2.11. The maximum atomic E-state index is 11.9. The summed E-state index contributed by atoms with van der Waals surface area (Å²) in [5, 5.41) is 0. The number of para-hydroxylation sites is 1. The van der Waals surface area contributed by atoms with Crippen molar-refractivity contribution >= 4 is 11.9 Å². The van der Waals surface area contributed by atoms with E-state index in [1.165, 1.54) is 0 Å². The lowest BCUT2D eigenvalue weighted by molar-refractivity contribution is -0.143. The number of benzene rings is 1. The van der Waals surface area contributed by atoms with E-state index >= 15 is 0 Å². The molecule has 0 bridgehead atoms. The summed E-state index contributed by atoms with van der Waals surface area (Å²) in [5.41, 5.74) is 1.53. The van der Waals surface area contributed by atoms with Crippen LogP contribution in [0.4, 0.5) is 0 Å². The largest absolute Gasteiger partial charge is 0.466 e. The first-order valence-electron chi connectivity index (χ1n) is 8.64. The minimum atomic E-state index is -0.332. The second-order valence-corrected chi connectivity index (χ2v) is 5.49. The molecule has 6 heteroatoms. The normalized spacial score (nSPS) is 10.2. The molecule has 0 fully saturated rings. The molecule has 0 unspecified atom stereocenters. The van der Waals surface area contributed by atoms with Gasteiger partial charge in [-0.25, -0.2) is 4.98 Å². The molecule has 0 amide bonds. The molecule has 0 N–H and O–H groups in total. The van der Waals surface area contributed by atoms with E-state index < -0.39 is 0 Å². The molecule has 0 aliphatic carbocycles. The average molecular weight is 357 g/mol. The summed E-state index contributed by atoms with van der Waals surface area (Å²) < 4.78 is 15.7. The van der Waals surface area contributed by atoms with Crippen LogP contribution in [0.25, 0.3) is 0 Å². The van der Waals surface area contributed by atoms with Crippen molar-refractivity contribution in [2.24, 2.45) is 0 Å². The first-order valence-corrected chi connectivity index (χ1v) is 8.64. The average Bonchev–Trinajstić information content (AvgIpc) is 2.62. The molecule has 138 valence electrons. The molecule has 0 saturated carbocycles. The number of nitrogens with zero attached hydrogens (tertiary/aromatic N) is 1. The summed E-state index contributed by atoms with van der Waals surface area (Å²) in [4.78, 5) is 27.8. The van der Waals surface area contributed by atoms with Crippen LogP contribution < -0.4 is 4.74 Å². The fourth-order valence-corrected chi connectivity index (χ4v) is 2.40. The van der Waals surface area contributed by atoms with E-state index in [0.717, 1.165) is 11.1 Å². The van der Waals surface area contributed by atoms with Crippen LogP contribution in [-0.2, 0) is 31.9 Å². The van der Waals surface area contributed by atoms with Gasteiger partial charge in [0.05, 0.1) is 19.6 Å². The number of esters is 2. The van der Waals surface area contributed by atoms with Gasteiger partial charge in [-0.1, -0.05) is 18.2 Å². The number of hydrogen-bond donors (Lipinski definition) is 0. The topological polar surface area (TPSA) is 74.7 Å². The van der Waals surface area contributed by atoms with Gasteiger partial charge in [-0.15, -0.1) is 0 Å². The zero-order chi connectivity index (χ0) is 18.8. The molecule has 26 heavy (non-hydrogen) atoms. The molecule has 2 aromatic rings. The van der Waals surface area contributed by atoms with Gasteiger partial charge in [0.25, 0.3) is 0 Å². The maximum absolute atomic E-state index is 11.9. The number of rotatable bonds is 9. The Morgan fingerprint density at radius 1 is 0.962 bits per heavy atom. The second-order valence-electron chi connectivity index (χ2n) is 5.49. The van der Waals surface area contributed by atoms with Crippen molar-refractivity contribution in [1.82, 2.24) is 4.98 Å². The zero-order valence-corrected chi connectivity index (χ0v) is 15.1. The molecule has 6 nitrogen and oxygen atoms in total.